The molecule has 10 nitrogen and oxygen atoms in total. The van der Waals surface area contributed by atoms with Crippen LogP contribution in [-0.2, 0) is 33.3 Å². The van der Waals surface area contributed by atoms with Crippen molar-refractivity contribution in [2.45, 2.75) is 109 Å². The van der Waals surface area contributed by atoms with Crippen LogP contribution in [0.4, 0.5) is 0 Å². The first-order chi connectivity index (χ1) is 18.0. The number of carbonyl (C=O) groups is 3. The maximum absolute atomic E-state index is 14.1. The van der Waals surface area contributed by atoms with Crippen molar-refractivity contribution < 1.29 is 43.5 Å². The Bertz CT molecular complexity index is 1020. The molecular formula is C29H45NO9. The highest BCUT2D eigenvalue weighted by atomic mass is 16.6. The van der Waals surface area contributed by atoms with Gasteiger partial charge in [-0.1, -0.05) is 26.8 Å². The molecule has 2 heterocycles. The average Bonchev–Trinajstić information content (AvgIpc) is 2.86. The van der Waals surface area contributed by atoms with Crippen LogP contribution in [0.3, 0.4) is 0 Å². The quantitative estimate of drug-likeness (QED) is 0.385. The second-order valence-electron chi connectivity index (χ2n) is 13.1. The molecule has 0 amide bonds. The van der Waals surface area contributed by atoms with Gasteiger partial charge in [0.1, 0.15) is 17.7 Å². The fourth-order valence-corrected chi connectivity index (χ4v) is 8.09. The molecule has 0 radical (unpaired) electrons. The molecule has 0 bridgehead atoms. The van der Waals surface area contributed by atoms with Gasteiger partial charge < -0.3 is 29.2 Å². The summed E-state index contributed by atoms with van der Waals surface area (Å²) in [4.78, 5) is 42.3. The van der Waals surface area contributed by atoms with Gasteiger partial charge in [-0.3, -0.25) is 19.3 Å². The van der Waals surface area contributed by atoms with Crippen molar-refractivity contribution in [2.75, 3.05) is 26.3 Å². The van der Waals surface area contributed by atoms with E-state index in [-0.39, 0.29) is 6.42 Å². The van der Waals surface area contributed by atoms with E-state index in [0.717, 1.165) is 0 Å². The van der Waals surface area contributed by atoms with E-state index in [9.17, 15) is 24.6 Å². The number of aliphatic hydroxyl groups excluding tert-OH is 1. The standard InChI is InChI=1S/C29H45NO9/c1-9-26(6)16-20(33)29(35)27(7)19(32)10-11-25(4,5)22(27)21(23(37-18(3)31)28(29,8)39-26)38-24(34)17(2)30-12-14-36-15-13-30/h9,17,19,21-23,32,35H,1,10-16H2,2-8H3/t17?,19-,21-,22-,23-,26-,27-,28+,29-/m0/s1. The Hall–Kier alpha value is -1.85. The molecule has 39 heavy (non-hydrogen) atoms. The molecule has 9 atom stereocenters. The zero-order chi connectivity index (χ0) is 29.2. The number of morpholine rings is 1. The van der Waals surface area contributed by atoms with Crippen molar-refractivity contribution in [2.24, 2.45) is 16.7 Å². The Kier molecular flexibility index (Phi) is 7.65. The fourth-order valence-electron chi connectivity index (χ4n) is 8.09. The summed E-state index contributed by atoms with van der Waals surface area (Å²) >= 11 is 0. The number of carbonyl (C=O) groups excluding carboxylic acids is 3. The number of hydrogen-bond donors (Lipinski definition) is 2. The Morgan fingerprint density at radius 2 is 1.77 bits per heavy atom. The van der Waals surface area contributed by atoms with Crippen molar-refractivity contribution in [1.82, 2.24) is 4.90 Å². The molecule has 2 saturated heterocycles. The lowest BCUT2D eigenvalue weighted by Crippen LogP contribution is -2.87. The summed E-state index contributed by atoms with van der Waals surface area (Å²) in [7, 11) is 0. The van der Waals surface area contributed by atoms with Crippen LogP contribution in [0, 0.1) is 16.7 Å². The largest absolute Gasteiger partial charge is 0.457 e. The number of Topliss-reactive ketones (excluding diaryl/α,β-unsaturated/α-hetero) is 1. The van der Waals surface area contributed by atoms with Gasteiger partial charge in [0, 0.05) is 37.8 Å². The smallest absolute Gasteiger partial charge is 0.323 e. The fraction of sp³-hybridized carbons (Fsp3) is 0.828. The molecule has 4 rings (SSSR count). The Morgan fingerprint density at radius 3 is 2.33 bits per heavy atom. The molecular weight excluding hydrogens is 506 g/mol. The van der Waals surface area contributed by atoms with E-state index in [2.05, 4.69) is 6.58 Å². The first kappa shape index (κ1) is 30.1. The summed E-state index contributed by atoms with van der Waals surface area (Å²) in [6.07, 6.45) is -1.40. The van der Waals surface area contributed by atoms with E-state index in [1.165, 1.54) is 19.9 Å². The van der Waals surface area contributed by atoms with Crippen LogP contribution in [0.25, 0.3) is 0 Å². The molecule has 2 aliphatic heterocycles. The molecule has 0 aromatic rings. The minimum absolute atomic E-state index is 0.177. The molecule has 2 N–H and O–H groups in total. The molecule has 4 aliphatic rings. The normalized spacial score (nSPS) is 44.9. The minimum atomic E-state index is -2.26. The van der Waals surface area contributed by atoms with Crippen LogP contribution < -0.4 is 0 Å². The average molecular weight is 552 g/mol. The van der Waals surface area contributed by atoms with Gasteiger partial charge in [0.15, 0.2) is 17.5 Å². The van der Waals surface area contributed by atoms with Gasteiger partial charge >= 0.3 is 11.9 Å². The maximum Gasteiger partial charge on any atom is 0.323 e. The van der Waals surface area contributed by atoms with Gasteiger partial charge in [-0.05, 0) is 39.0 Å². The SMILES string of the molecule is C=C[C@@]1(C)CC(=O)[C@]2(O)[C@@]3(C)[C@@H](O)CCC(C)(C)[C@@H]3[C@H](OC(=O)C(C)N3CCOCC3)[C@H](OC(C)=O)[C@@]2(C)O1. The van der Waals surface area contributed by atoms with E-state index < -0.39 is 75.6 Å². The number of hydrogen-bond acceptors (Lipinski definition) is 10. The monoisotopic (exact) mass is 551 g/mol. The predicted molar refractivity (Wildman–Crippen MR) is 141 cm³/mol. The summed E-state index contributed by atoms with van der Waals surface area (Å²) in [5, 5.41) is 24.2. The van der Waals surface area contributed by atoms with Gasteiger partial charge in [-0.2, -0.15) is 0 Å². The summed E-state index contributed by atoms with van der Waals surface area (Å²) in [6.45, 7) is 17.7. The van der Waals surface area contributed by atoms with Crippen LogP contribution in [0.2, 0.25) is 0 Å². The number of nitrogens with zero attached hydrogens (tertiary/aromatic N) is 1. The molecule has 0 spiro atoms. The second-order valence-corrected chi connectivity index (χ2v) is 13.1. The molecule has 2 saturated carbocycles. The number of rotatable bonds is 5. The van der Waals surface area contributed by atoms with Crippen molar-refractivity contribution >= 4 is 17.7 Å². The predicted octanol–water partition coefficient (Wildman–Crippen LogP) is 1.79. The maximum atomic E-state index is 14.1. The number of ether oxygens (including phenoxy) is 4. The third-order valence-corrected chi connectivity index (χ3v) is 10.2. The lowest BCUT2D eigenvalue weighted by Gasteiger charge is -2.71. The summed E-state index contributed by atoms with van der Waals surface area (Å²) in [5.41, 5.74) is -7.43. The minimum Gasteiger partial charge on any atom is -0.457 e. The van der Waals surface area contributed by atoms with Crippen molar-refractivity contribution in [3.8, 4) is 0 Å². The van der Waals surface area contributed by atoms with E-state index in [1.54, 1.807) is 20.8 Å². The topological polar surface area (TPSA) is 132 Å². The van der Waals surface area contributed by atoms with Crippen LogP contribution in [0.1, 0.15) is 67.7 Å². The van der Waals surface area contributed by atoms with Gasteiger partial charge in [0.25, 0.3) is 0 Å². The van der Waals surface area contributed by atoms with Crippen molar-refractivity contribution in [1.29, 1.82) is 0 Å². The molecule has 4 fully saturated rings. The first-order valence-corrected chi connectivity index (χ1v) is 14.0. The second kappa shape index (κ2) is 9.91. The van der Waals surface area contributed by atoms with Gasteiger partial charge in [0.05, 0.1) is 24.9 Å². The zero-order valence-electron chi connectivity index (χ0n) is 24.3. The van der Waals surface area contributed by atoms with E-state index in [1.807, 2.05) is 18.7 Å². The highest BCUT2D eigenvalue weighted by Gasteiger charge is 2.82. The summed E-state index contributed by atoms with van der Waals surface area (Å²) in [5.74, 6) is -2.49. The molecule has 220 valence electrons. The number of esters is 2. The summed E-state index contributed by atoms with van der Waals surface area (Å²) in [6, 6.07) is -0.615. The van der Waals surface area contributed by atoms with Crippen LogP contribution in [0.15, 0.2) is 12.7 Å². The van der Waals surface area contributed by atoms with E-state index >= 15 is 0 Å². The highest BCUT2D eigenvalue weighted by molar-refractivity contribution is 5.92. The lowest BCUT2D eigenvalue weighted by atomic mass is 9.39. The molecule has 2 aliphatic carbocycles. The zero-order valence-corrected chi connectivity index (χ0v) is 24.3. The third kappa shape index (κ3) is 4.38. The Balaban J connectivity index is 1.91. The van der Waals surface area contributed by atoms with Gasteiger partial charge in [-0.15, -0.1) is 6.58 Å². The summed E-state index contributed by atoms with van der Waals surface area (Å²) < 4.78 is 24.1. The van der Waals surface area contributed by atoms with Crippen LogP contribution in [-0.4, -0.2) is 100 Å². The first-order valence-electron chi connectivity index (χ1n) is 14.0. The third-order valence-electron chi connectivity index (χ3n) is 10.2. The lowest BCUT2D eigenvalue weighted by molar-refractivity contribution is -0.371. The molecule has 0 aromatic heterocycles. The van der Waals surface area contributed by atoms with Crippen LogP contribution >= 0.6 is 0 Å². The van der Waals surface area contributed by atoms with Gasteiger partial charge in [0.2, 0.25) is 0 Å². The van der Waals surface area contributed by atoms with Crippen molar-refractivity contribution in [3.63, 3.8) is 0 Å². The van der Waals surface area contributed by atoms with E-state index in [4.69, 9.17) is 18.9 Å². The van der Waals surface area contributed by atoms with Crippen molar-refractivity contribution in [3.05, 3.63) is 12.7 Å². The highest BCUT2D eigenvalue weighted by Crippen LogP contribution is 2.67. The number of fused-ring (bicyclic) bond motifs is 3. The Morgan fingerprint density at radius 1 is 1.15 bits per heavy atom. The Labute approximate surface area is 231 Å². The van der Waals surface area contributed by atoms with Crippen LogP contribution in [0.5, 0.6) is 0 Å². The molecule has 1 unspecified atom stereocenters. The number of aliphatic hydroxyl groups is 2. The molecule has 10 heteroatoms. The van der Waals surface area contributed by atoms with E-state index in [0.29, 0.717) is 39.1 Å². The molecule has 0 aromatic carbocycles. The van der Waals surface area contributed by atoms with Gasteiger partial charge in [-0.25, -0.2) is 0 Å². The number of ketones is 1.